The van der Waals surface area contributed by atoms with E-state index >= 15 is 0 Å². The van der Waals surface area contributed by atoms with Crippen molar-refractivity contribution in [1.82, 2.24) is 17.5 Å². The van der Waals surface area contributed by atoms with E-state index in [1.807, 2.05) is 11.3 Å². The highest BCUT2D eigenvalue weighted by molar-refractivity contribution is 7.28. The Kier molecular flexibility index (Phi) is 38.4. The molecule has 2 aliphatic carbocycles. The summed E-state index contributed by atoms with van der Waals surface area (Å²) in [5.41, 5.74) is 22.5. The maximum Gasteiger partial charge on any atom is 0.113 e. The maximum atomic E-state index is 5.56. The number of aromatic nitrogens is 4. The monoisotopic (exact) mass is 1480 g/mol. The molecular weight excluding hydrogens is 1330 g/mol. The van der Waals surface area contributed by atoms with Crippen molar-refractivity contribution in [3.05, 3.63) is 78.5 Å². The number of thiophene rings is 2. The quantitative estimate of drug-likeness (QED) is 0.0357. The Morgan fingerprint density at radius 3 is 0.864 bits per heavy atom. The number of fused-ring (bicyclic) bond motifs is 11. The number of hydrogen-bond acceptors (Lipinski definition) is 8. The summed E-state index contributed by atoms with van der Waals surface area (Å²) in [4.78, 5) is 2.98. The summed E-state index contributed by atoms with van der Waals surface area (Å²) in [6.07, 6.45) is 83.7. The highest BCUT2D eigenvalue weighted by Gasteiger charge is 2.50. The van der Waals surface area contributed by atoms with E-state index in [4.69, 9.17) is 17.5 Å². The number of rotatable bonds is 62. The van der Waals surface area contributed by atoms with Gasteiger partial charge < -0.3 is 0 Å². The van der Waals surface area contributed by atoms with E-state index in [2.05, 4.69) is 91.0 Å². The highest BCUT2D eigenvalue weighted by atomic mass is 32.1. The van der Waals surface area contributed by atoms with Crippen LogP contribution in [-0.4, -0.2) is 17.5 Å². The first-order valence-corrected chi connectivity index (χ1v) is 48.0. The Morgan fingerprint density at radius 1 is 0.272 bits per heavy atom. The minimum absolute atomic E-state index is 0.0787. The Morgan fingerprint density at radius 2 is 0.544 bits per heavy atom. The average Bonchev–Trinajstić information content (AvgIpc) is 1.52. The lowest BCUT2D eigenvalue weighted by molar-refractivity contribution is 0.393. The van der Waals surface area contributed by atoms with Gasteiger partial charge in [0.15, 0.2) is 0 Å². The molecule has 9 rings (SSSR count). The number of benzene rings is 3. The van der Waals surface area contributed by atoms with Crippen molar-refractivity contribution in [3.63, 3.8) is 0 Å². The molecule has 0 saturated heterocycles. The van der Waals surface area contributed by atoms with Gasteiger partial charge in [0.2, 0.25) is 0 Å². The van der Waals surface area contributed by atoms with E-state index in [1.54, 1.807) is 22.3 Å². The third-order valence-corrected chi connectivity index (χ3v) is 29.5. The third-order valence-electron chi connectivity index (χ3n) is 25.6. The molecule has 0 atom stereocenters. The summed E-state index contributed by atoms with van der Waals surface area (Å²) in [6.45, 7) is 18.8. The standard InChI is InChI=1S/C95H150N4S4/c1-9-13-17-21-25-29-33-37-41-45-49-53-57-61-65-94(66-62-58-54-50-46-42-38-34-30-26-22-18-14-10-2)81-73-80-82(72-79(81)86-83(94)69-74(5)88-90(86)98-102-96-88)95(67-63-59-55-51-47-43-39-35-31-27-23-19-15-11-3,68-64-60-56-52-48-44-40-36-32-28-24-20-16-12-4)84-70-78(89-91(87(80)84)99-103-97-89)71-85-76(7)93-92(101-85)75(6)77(8)100-93/h69-70,72-73H,9-68,71H2,1-8H3. The average molecular weight is 1480 g/mol. The van der Waals surface area contributed by atoms with Crippen LogP contribution in [0.1, 0.15) is 467 Å². The number of aryl methyl sites for hydroxylation is 4. The third kappa shape index (κ3) is 24.0. The van der Waals surface area contributed by atoms with Gasteiger partial charge in [0.25, 0.3) is 0 Å². The van der Waals surface area contributed by atoms with Crippen molar-refractivity contribution in [2.45, 2.75) is 458 Å². The van der Waals surface area contributed by atoms with Gasteiger partial charge in [-0.25, -0.2) is 0 Å². The van der Waals surface area contributed by atoms with E-state index in [-0.39, 0.29) is 10.8 Å². The molecule has 4 nitrogen and oxygen atoms in total. The van der Waals surface area contributed by atoms with E-state index in [9.17, 15) is 0 Å². The molecule has 574 valence electrons. The fourth-order valence-corrected chi connectivity index (χ4v) is 23.0. The van der Waals surface area contributed by atoms with Gasteiger partial charge in [-0.05, 0) is 121 Å². The zero-order valence-corrected chi connectivity index (χ0v) is 71.1. The Bertz CT molecular complexity index is 3410. The fraction of sp³-hybridized carbons (Fsp3) is 0.747. The summed E-state index contributed by atoms with van der Waals surface area (Å²) < 4.78 is 24.5. The highest BCUT2D eigenvalue weighted by Crippen LogP contribution is 2.63. The van der Waals surface area contributed by atoms with E-state index in [0.717, 1.165) is 17.5 Å². The molecule has 7 aromatic rings. The zero-order valence-electron chi connectivity index (χ0n) is 67.9. The normalized spacial score (nSPS) is 13.6. The zero-order chi connectivity index (χ0) is 72.2. The minimum atomic E-state index is -0.113. The fourth-order valence-electron chi connectivity index (χ4n) is 19.1. The lowest BCUT2D eigenvalue weighted by Gasteiger charge is -2.35. The molecule has 0 amide bonds. The van der Waals surface area contributed by atoms with Crippen molar-refractivity contribution in [3.8, 4) is 22.3 Å². The lowest BCUT2D eigenvalue weighted by atomic mass is 9.68. The van der Waals surface area contributed by atoms with E-state index in [1.165, 1.54) is 483 Å². The summed E-state index contributed by atoms with van der Waals surface area (Å²) in [7, 11) is 0. The van der Waals surface area contributed by atoms with Gasteiger partial charge in [0.05, 0.1) is 23.5 Å². The second kappa shape index (κ2) is 47.1. The number of nitrogens with zero attached hydrogens (tertiary/aromatic N) is 4. The molecule has 8 heteroatoms. The molecule has 0 bridgehead atoms. The molecular formula is C95H150N4S4. The second-order valence-corrected chi connectivity index (χ2v) is 37.1. The molecule has 0 spiro atoms. The van der Waals surface area contributed by atoms with Crippen molar-refractivity contribution in [2.24, 2.45) is 0 Å². The van der Waals surface area contributed by atoms with Gasteiger partial charge in [-0.1, -0.05) is 399 Å². The summed E-state index contributed by atoms with van der Waals surface area (Å²) in [6, 6.07) is 11.2. The molecule has 0 radical (unpaired) electrons. The molecule has 4 heterocycles. The van der Waals surface area contributed by atoms with Crippen LogP contribution in [0.4, 0.5) is 0 Å². The molecule has 0 saturated carbocycles. The van der Waals surface area contributed by atoms with Crippen LogP contribution in [0.25, 0.3) is 53.7 Å². The van der Waals surface area contributed by atoms with E-state index < -0.39 is 0 Å². The van der Waals surface area contributed by atoms with Gasteiger partial charge >= 0.3 is 0 Å². The SMILES string of the molecule is CCCCCCCCCCCCCCCCC1(CCCCCCCCCCCCCCCC)c2cc3c(cc2-c2c1cc(C)c1nsnc21)C(CCCCCCCCCCCCCCCC)(CCCCCCCCCCCCCCCC)c1cc(Cc2sc4c(C)c(C)sc4c2C)c2nsnc2c1-3. The number of unbranched alkanes of at least 4 members (excludes halogenated alkanes) is 52. The summed E-state index contributed by atoms with van der Waals surface area (Å²) in [5, 5.41) is 0. The van der Waals surface area contributed by atoms with Gasteiger partial charge in [0, 0.05) is 47.5 Å². The lowest BCUT2D eigenvalue weighted by Crippen LogP contribution is -2.27. The van der Waals surface area contributed by atoms with Crippen LogP contribution < -0.4 is 0 Å². The molecule has 3 aromatic carbocycles. The van der Waals surface area contributed by atoms with Gasteiger partial charge in [-0.3, -0.25) is 0 Å². The van der Waals surface area contributed by atoms with Gasteiger partial charge in [-0.2, -0.15) is 17.5 Å². The molecule has 103 heavy (non-hydrogen) atoms. The van der Waals surface area contributed by atoms with Crippen LogP contribution in [-0.2, 0) is 17.3 Å². The first-order chi connectivity index (χ1) is 50.7. The first kappa shape index (κ1) is 84.0. The van der Waals surface area contributed by atoms with Crippen molar-refractivity contribution >= 4 is 77.6 Å². The van der Waals surface area contributed by atoms with Crippen LogP contribution in [0.2, 0.25) is 0 Å². The maximum absolute atomic E-state index is 5.56. The van der Waals surface area contributed by atoms with Crippen LogP contribution >= 0.6 is 46.1 Å². The largest absolute Gasteiger partial charge is 0.173 e. The molecule has 0 N–H and O–H groups in total. The van der Waals surface area contributed by atoms with Crippen LogP contribution in [0, 0.1) is 27.7 Å². The number of hydrogen-bond donors (Lipinski definition) is 0. The molecule has 0 unspecified atom stereocenters. The smallest absolute Gasteiger partial charge is 0.113 e. The topological polar surface area (TPSA) is 51.6 Å². The minimum Gasteiger partial charge on any atom is -0.173 e. The Balaban J connectivity index is 1.04. The summed E-state index contributed by atoms with van der Waals surface area (Å²) in [5.74, 6) is 0. The second-order valence-electron chi connectivity index (χ2n) is 33.8. The molecule has 4 aromatic heterocycles. The Hall–Kier alpha value is -3.04. The molecule has 0 aliphatic heterocycles. The van der Waals surface area contributed by atoms with Crippen molar-refractivity contribution < 1.29 is 0 Å². The van der Waals surface area contributed by atoms with Gasteiger partial charge in [-0.15, -0.1) is 22.7 Å². The Labute approximate surface area is 649 Å². The van der Waals surface area contributed by atoms with Crippen molar-refractivity contribution in [2.75, 3.05) is 0 Å². The van der Waals surface area contributed by atoms with Crippen LogP contribution in [0.15, 0.2) is 24.3 Å². The van der Waals surface area contributed by atoms with Crippen LogP contribution in [0.3, 0.4) is 0 Å². The van der Waals surface area contributed by atoms with E-state index in [0.29, 0.717) is 0 Å². The predicted octanol–water partition coefficient (Wildman–Crippen LogP) is 33.8. The predicted molar refractivity (Wildman–Crippen MR) is 462 cm³/mol. The van der Waals surface area contributed by atoms with Crippen molar-refractivity contribution in [1.29, 1.82) is 0 Å². The van der Waals surface area contributed by atoms with Crippen LogP contribution in [0.5, 0.6) is 0 Å². The molecule has 2 aliphatic rings. The molecule has 0 fully saturated rings. The van der Waals surface area contributed by atoms with Gasteiger partial charge in [0.1, 0.15) is 22.1 Å². The summed E-state index contributed by atoms with van der Waals surface area (Å²) >= 11 is 7.00. The first-order valence-electron chi connectivity index (χ1n) is 45.0.